The average Bonchev–Trinajstić information content (AvgIpc) is 2.69. The van der Waals surface area contributed by atoms with E-state index in [0.29, 0.717) is 42.1 Å². The van der Waals surface area contributed by atoms with E-state index in [9.17, 15) is 13.0 Å². The molecule has 0 aliphatic rings. The van der Waals surface area contributed by atoms with Gasteiger partial charge in [-0.3, -0.25) is 4.21 Å². The molecule has 0 saturated heterocycles. The zero-order valence-electron chi connectivity index (χ0n) is 9.45. The molecule has 1 rings (SSSR count). The van der Waals surface area contributed by atoms with Gasteiger partial charge in [-0.15, -0.1) is 0 Å². The lowest BCUT2D eigenvalue weighted by atomic mass is 10.4. The van der Waals surface area contributed by atoms with E-state index < -0.39 is 16.6 Å². The van der Waals surface area contributed by atoms with E-state index in [0.717, 1.165) is 0 Å². The van der Waals surface area contributed by atoms with Gasteiger partial charge in [0.05, 0.1) is 12.3 Å². The zero-order valence-corrected chi connectivity index (χ0v) is 11.1. The van der Waals surface area contributed by atoms with Crippen LogP contribution >= 0.6 is 11.8 Å². The van der Waals surface area contributed by atoms with Gasteiger partial charge >= 0.3 is 0 Å². The van der Waals surface area contributed by atoms with Gasteiger partial charge in [0.25, 0.3) is 5.76 Å². The monoisotopic (exact) mass is 283 g/mol. The minimum atomic E-state index is -2.37. The number of thioether (sulfide) groups is 1. The molecule has 0 aliphatic heterocycles. The van der Waals surface area contributed by atoms with Crippen molar-refractivity contribution >= 4 is 22.6 Å². The number of hydrogen-bond donors (Lipinski definition) is 1. The van der Waals surface area contributed by atoms with E-state index in [1.807, 2.05) is 0 Å². The highest BCUT2D eigenvalue weighted by Gasteiger charge is 2.07. The Kier molecular flexibility index (Phi) is 6.76. The predicted molar refractivity (Wildman–Crippen MR) is 66.6 cm³/mol. The molecule has 0 spiro atoms. The smallest absolute Gasteiger partial charge is 0.284 e. The van der Waals surface area contributed by atoms with Crippen LogP contribution in [0, 0.1) is 0 Å². The normalized spacial score (nSPS) is 13.2. The first-order valence-corrected chi connectivity index (χ1v) is 7.83. The predicted octanol–water partition coefficient (Wildman–Crippen LogP) is 2.20. The summed E-state index contributed by atoms with van der Waals surface area (Å²) in [5.74, 6) is -0.352. The Hall–Kier alpha value is -0.400. The summed E-state index contributed by atoms with van der Waals surface area (Å²) >= 11 is 0.542. The lowest BCUT2D eigenvalue weighted by molar-refractivity contribution is 0.251. The Morgan fingerprint density at radius 2 is 2.18 bits per heavy atom. The van der Waals surface area contributed by atoms with Crippen molar-refractivity contribution in [2.75, 3.05) is 18.6 Å². The lowest BCUT2D eigenvalue weighted by Gasteiger charge is -2.00. The molecular formula is C10H15F2NO2S2. The van der Waals surface area contributed by atoms with Gasteiger partial charge in [0, 0.05) is 29.4 Å². The highest BCUT2D eigenvalue weighted by Crippen LogP contribution is 2.21. The maximum absolute atomic E-state index is 11.9. The second kappa shape index (κ2) is 7.84. The van der Waals surface area contributed by atoms with Crippen LogP contribution in [0.2, 0.25) is 0 Å². The summed E-state index contributed by atoms with van der Waals surface area (Å²) in [7, 11) is -0.806. The van der Waals surface area contributed by atoms with Crippen LogP contribution < -0.4 is 5.32 Å². The quantitative estimate of drug-likeness (QED) is 0.743. The Morgan fingerprint density at radius 1 is 1.47 bits per heavy atom. The van der Waals surface area contributed by atoms with Crippen LogP contribution in [0.3, 0.4) is 0 Å². The standard InChI is InChI=1S/C10H15F2NO2S2/c1-17(14)5-4-13-6-8-2-3-9(15-8)7-16-10(11)12/h2-3,10,13H,4-7H2,1H3. The minimum Gasteiger partial charge on any atom is -0.464 e. The molecule has 1 unspecified atom stereocenters. The van der Waals surface area contributed by atoms with Gasteiger partial charge in [-0.2, -0.15) is 8.78 Å². The topological polar surface area (TPSA) is 42.2 Å². The molecular weight excluding hydrogens is 268 g/mol. The zero-order chi connectivity index (χ0) is 12.7. The number of nitrogens with one attached hydrogen (secondary N) is 1. The fourth-order valence-corrected chi connectivity index (χ4v) is 2.04. The molecule has 0 bridgehead atoms. The molecule has 1 N–H and O–H groups in total. The molecule has 0 amide bonds. The number of halogens is 2. The molecule has 0 fully saturated rings. The molecule has 7 heteroatoms. The van der Waals surface area contributed by atoms with Crippen LogP contribution in [0.4, 0.5) is 8.78 Å². The number of rotatable bonds is 8. The summed E-state index contributed by atoms with van der Waals surface area (Å²) in [6, 6.07) is 3.46. The van der Waals surface area contributed by atoms with Gasteiger partial charge in [-0.1, -0.05) is 11.8 Å². The molecule has 0 aromatic carbocycles. The van der Waals surface area contributed by atoms with Crippen molar-refractivity contribution in [3.63, 3.8) is 0 Å². The van der Waals surface area contributed by atoms with Crippen molar-refractivity contribution in [3.05, 3.63) is 23.7 Å². The molecule has 98 valence electrons. The average molecular weight is 283 g/mol. The molecule has 1 aromatic heterocycles. The van der Waals surface area contributed by atoms with E-state index in [1.54, 1.807) is 18.4 Å². The van der Waals surface area contributed by atoms with Crippen molar-refractivity contribution < 1.29 is 17.4 Å². The summed E-state index contributed by atoms with van der Waals surface area (Å²) in [4.78, 5) is 0. The summed E-state index contributed by atoms with van der Waals surface area (Å²) < 4.78 is 40.0. The van der Waals surface area contributed by atoms with Gasteiger partial charge in [0.1, 0.15) is 11.5 Å². The van der Waals surface area contributed by atoms with Crippen molar-refractivity contribution in [2.24, 2.45) is 0 Å². The summed E-state index contributed by atoms with van der Waals surface area (Å²) in [5, 5.41) is 3.07. The highest BCUT2D eigenvalue weighted by atomic mass is 32.2. The first kappa shape index (κ1) is 14.7. The van der Waals surface area contributed by atoms with E-state index in [1.165, 1.54) is 0 Å². The van der Waals surface area contributed by atoms with Crippen molar-refractivity contribution in [3.8, 4) is 0 Å². The fourth-order valence-electron chi connectivity index (χ4n) is 1.17. The maximum atomic E-state index is 11.9. The van der Waals surface area contributed by atoms with Crippen molar-refractivity contribution in [2.45, 2.75) is 18.1 Å². The maximum Gasteiger partial charge on any atom is 0.284 e. The Labute approximate surface area is 106 Å². The third kappa shape index (κ3) is 6.80. The molecule has 0 saturated carbocycles. The van der Waals surface area contributed by atoms with Crippen LogP contribution in [0.5, 0.6) is 0 Å². The van der Waals surface area contributed by atoms with Gasteiger partial charge in [-0.25, -0.2) is 0 Å². The van der Waals surface area contributed by atoms with Crippen LogP contribution in [-0.4, -0.2) is 28.5 Å². The largest absolute Gasteiger partial charge is 0.464 e. The number of alkyl halides is 2. The first-order chi connectivity index (χ1) is 8.08. The Bertz CT molecular complexity index is 358. The minimum absolute atomic E-state index is 0.177. The Morgan fingerprint density at radius 3 is 2.82 bits per heavy atom. The Balaban J connectivity index is 2.23. The highest BCUT2D eigenvalue weighted by molar-refractivity contribution is 7.98. The number of hydrogen-bond acceptors (Lipinski definition) is 4. The second-order valence-corrected chi connectivity index (χ2v) is 5.93. The molecule has 1 heterocycles. The molecule has 1 aromatic rings. The van der Waals surface area contributed by atoms with Crippen LogP contribution in [0.25, 0.3) is 0 Å². The van der Waals surface area contributed by atoms with Crippen LogP contribution in [0.15, 0.2) is 16.5 Å². The molecule has 0 radical (unpaired) electrons. The van der Waals surface area contributed by atoms with Gasteiger partial charge in [0.2, 0.25) is 0 Å². The lowest BCUT2D eigenvalue weighted by Crippen LogP contribution is -2.19. The van der Waals surface area contributed by atoms with E-state index >= 15 is 0 Å². The van der Waals surface area contributed by atoms with Crippen molar-refractivity contribution in [1.29, 1.82) is 0 Å². The molecule has 17 heavy (non-hydrogen) atoms. The SMILES string of the molecule is CS(=O)CCNCc1ccc(CSC(F)F)o1. The molecule has 0 aliphatic carbocycles. The third-order valence-electron chi connectivity index (χ3n) is 1.93. The van der Waals surface area contributed by atoms with E-state index in [2.05, 4.69) is 5.32 Å². The first-order valence-electron chi connectivity index (χ1n) is 5.06. The summed E-state index contributed by atoms with van der Waals surface area (Å²) in [6.07, 6.45) is 1.65. The van der Waals surface area contributed by atoms with Crippen LogP contribution in [0.1, 0.15) is 11.5 Å². The van der Waals surface area contributed by atoms with Gasteiger partial charge in [0.15, 0.2) is 0 Å². The second-order valence-electron chi connectivity index (χ2n) is 3.39. The third-order valence-corrected chi connectivity index (χ3v) is 3.42. The van der Waals surface area contributed by atoms with Gasteiger partial charge < -0.3 is 9.73 Å². The van der Waals surface area contributed by atoms with Crippen LogP contribution in [-0.2, 0) is 23.1 Å². The number of furan rings is 1. The fraction of sp³-hybridized carbons (Fsp3) is 0.600. The van der Waals surface area contributed by atoms with Crippen molar-refractivity contribution in [1.82, 2.24) is 5.32 Å². The van der Waals surface area contributed by atoms with E-state index in [4.69, 9.17) is 4.42 Å². The summed E-state index contributed by atoms with van der Waals surface area (Å²) in [5.41, 5.74) is 0. The summed E-state index contributed by atoms with van der Waals surface area (Å²) in [6.45, 7) is 1.17. The van der Waals surface area contributed by atoms with Gasteiger partial charge in [-0.05, 0) is 12.1 Å². The molecule has 1 atom stereocenters. The molecule has 3 nitrogen and oxygen atoms in total. The van der Waals surface area contributed by atoms with E-state index in [-0.39, 0.29) is 5.75 Å².